The molecule has 0 saturated carbocycles. The second-order valence-electron chi connectivity index (χ2n) is 1.98. The van der Waals surface area contributed by atoms with E-state index in [1.807, 2.05) is 6.92 Å². The zero-order chi connectivity index (χ0) is 7.98. The first kappa shape index (κ1) is 9.69. The van der Waals surface area contributed by atoms with Gasteiger partial charge < -0.3 is 0 Å². The number of carbonyl (C=O) groups is 2. The van der Waals surface area contributed by atoms with Crippen LogP contribution in [0.2, 0.25) is 0 Å². The molecule has 0 spiro atoms. The lowest BCUT2D eigenvalue weighted by Crippen LogP contribution is -1.97. The minimum atomic E-state index is 0.0869. The van der Waals surface area contributed by atoms with E-state index >= 15 is 0 Å². The highest BCUT2D eigenvalue weighted by atomic mass is 32.2. The van der Waals surface area contributed by atoms with Crippen LogP contribution in [0.5, 0.6) is 0 Å². The molecule has 0 aliphatic rings. The van der Waals surface area contributed by atoms with Gasteiger partial charge in [0.1, 0.15) is 5.78 Å². The molecule has 0 aliphatic heterocycles. The summed E-state index contributed by atoms with van der Waals surface area (Å²) in [6.45, 7) is 3.35. The molecule has 0 N–H and O–H groups in total. The van der Waals surface area contributed by atoms with E-state index in [9.17, 15) is 9.59 Å². The van der Waals surface area contributed by atoms with Gasteiger partial charge in [-0.25, -0.2) is 0 Å². The molecule has 3 heteroatoms. The third-order valence-corrected chi connectivity index (χ3v) is 1.90. The van der Waals surface area contributed by atoms with Crippen molar-refractivity contribution in [1.82, 2.24) is 0 Å². The van der Waals surface area contributed by atoms with Gasteiger partial charge in [-0.1, -0.05) is 18.7 Å². The summed E-state index contributed by atoms with van der Waals surface area (Å²) in [6, 6.07) is 0. The van der Waals surface area contributed by atoms with Crippen molar-refractivity contribution in [3.8, 4) is 0 Å². The highest BCUT2D eigenvalue weighted by Gasteiger charge is 1.99. The summed E-state index contributed by atoms with van der Waals surface area (Å²) < 4.78 is 0. The maximum absolute atomic E-state index is 10.7. The van der Waals surface area contributed by atoms with Gasteiger partial charge in [0.25, 0.3) is 0 Å². The number of thioether (sulfide) groups is 1. The summed E-state index contributed by atoms with van der Waals surface area (Å²) in [5.41, 5.74) is 0. The van der Waals surface area contributed by atoms with Crippen molar-refractivity contribution >= 4 is 22.7 Å². The van der Waals surface area contributed by atoms with E-state index in [-0.39, 0.29) is 10.9 Å². The van der Waals surface area contributed by atoms with Gasteiger partial charge in [-0.15, -0.1) is 0 Å². The summed E-state index contributed by atoms with van der Waals surface area (Å²) in [5, 5.41) is 0.0869. The number of Topliss-reactive ketones (excluding diaryl/α,β-unsaturated/α-hetero) is 1. The Bertz CT molecular complexity index is 132. The molecule has 0 heterocycles. The molecule has 0 aromatic carbocycles. The lowest BCUT2D eigenvalue weighted by Gasteiger charge is -1.93. The Balaban J connectivity index is 3.20. The molecule has 0 radical (unpaired) electrons. The molecule has 0 bridgehead atoms. The number of hydrogen-bond donors (Lipinski definition) is 0. The van der Waals surface area contributed by atoms with Crippen LogP contribution in [0.15, 0.2) is 0 Å². The molecular formula is C7H12O2S. The van der Waals surface area contributed by atoms with Gasteiger partial charge in [0, 0.05) is 25.5 Å². The summed E-state index contributed by atoms with van der Waals surface area (Å²) in [5.74, 6) is 0.871. The molecule has 10 heavy (non-hydrogen) atoms. The van der Waals surface area contributed by atoms with E-state index in [0.717, 1.165) is 0 Å². The smallest absolute Gasteiger partial charge is 0.185 e. The lowest BCUT2D eigenvalue weighted by atomic mass is 10.2. The van der Waals surface area contributed by atoms with Crippen LogP contribution in [-0.4, -0.2) is 16.7 Å². The number of rotatable bonds is 4. The predicted molar refractivity (Wildman–Crippen MR) is 43.1 cm³/mol. The van der Waals surface area contributed by atoms with E-state index in [2.05, 4.69) is 0 Å². The molecule has 0 amide bonds. The molecule has 2 nitrogen and oxygen atoms in total. The maximum Gasteiger partial charge on any atom is 0.185 e. The van der Waals surface area contributed by atoms with Crippen molar-refractivity contribution in [2.45, 2.75) is 26.7 Å². The third kappa shape index (κ3) is 5.82. The topological polar surface area (TPSA) is 34.1 Å². The Labute approximate surface area is 65.4 Å². The van der Waals surface area contributed by atoms with Crippen LogP contribution < -0.4 is 0 Å². The van der Waals surface area contributed by atoms with Crippen molar-refractivity contribution in [2.75, 3.05) is 5.75 Å². The molecular weight excluding hydrogens is 148 g/mol. The number of carbonyl (C=O) groups excluding carboxylic acids is 2. The zero-order valence-electron chi connectivity index (χ0n) is 6.35. The predicted octanol–water partition coefficient (Wildman–Crippen LogP) is 1.64. The highest BCUT2D eigenvalue weighted by Crippen LogP contribution is 2.04. The Morgan fingerprint density at radius 3 is 2.40 bits per heavy atom. The average molecular weight is 160 g/mol. The van der Waals surface area contributed by atoms with Crippen LogP contribution in [0.1, 0.15) is 26.7 Å². The molecule has 0 aliphatic carbocycles. The second kappa shape index (κ2) is 5.47. The van der Waals surface area contributed by atoms with Crippen molar-refractivity contribution < 1.29 is 9.59 Å². The Kier molecular flexibility index (Phi) is 5.30. The van der Waals surface area contributed by atoms with Crippen LogP contribution in [0.3, 0.4) is 0 Å². The standard InChI is InChI=1S/C7H12O2S/c1-3-7(9)4-5-10-6(2)8/h3-5H2,1-2H3. The summed E-state index contributed by atoms with van der Waals surface area (Å²) >= 11 is 1.22. The van der Waals surface area contributed by atoms with Crippen LogP contribution in [0.4, 0.5) is 0 Å². The monoisotopic (exact) mass is 160 g/mol. The van der Waals surface area contributed by atoms with Gasteiger partial charge in [0.15, 0.2) is 5.12 Å². The van der Waals surface area contributed by atoms with Gasteiger partial charge in [-0.05, 0) is 0 Å². The van der Waals surface area contributed by atoms with Crippen molar-refractivity contribution in [1.29, 1.82) is 0 Å². The van der Waals surface area contributed by atoms with E-state index < -0.39 is 0 Å². The molecule has 0 saturated heterocycles. The Morgan fingerprint density at radius 2 is 2.00 bits per heavy atom. The van der Waals surface area contributed by atoms with E-state index in [4.69, 9.17) is 0 Å². The Hall–Kier alpha value is -0.310. The minimum Gasteiger partial charge on any atom is -0.300 e. The largest absolute Gasteiger partial charge is 0.300 e. The lowest BCUT2D eigenvalue weighted by molar-refractivity contribution is -0.118. The van der Waals surface area contributed by atoms with Gasteiger partial charge in [-0.3, -0.25) is 9.59 Å². The second-order valence-corrected chi connectivity index (χ2v) is 3.25. The molecule has 0 fully saturated rings. The molecule has 0 unspecified atom stereocenters. The Morgan fingerprint density at radius 1 is 1.40 bits per heavy atom. The minimum absolute atomic E-state index is 0.0869. The third-order valence-electron chi connectivity index (χ3n) is 1.08. The maximum atomic E-state index is 10.7. The summed E-state index contributed by atoms with van der Waals surface area (Å²) in [4.78, 5) is 21.0. The van der Waals surface area contributed by atoms with Crippen molar-refractivity contribution in [3.05, 3.63) is 0 Å². The van der Waals surface area contributed by atoms with Crippen LogP contribution in [0.25, 0.3) is 0 Å². The van der Waals surface area contributed by atoms with Gasteiger partial charge in [-0.2, -0.15) is 0 Å². The highest BCUT2D eigenvalue weighted by molar-refractivity contribution is 8.13. The van der Waals surface area contributed by atoms with Gasteiger partial charge >= 0.3 is 0 Å². The van der Waals surface area contributed by atoms with Crippen LogP contribution in [0, 0.1) is 0 Å². The average Bonchev–Trinajstić information content (AvgIpc) is 1.87. The number of hydrogen-bond acceptors (Lipinski definition) is 3. The van der Waals surface area contributed by atoms with E-state index in [1.165, 1.54) is 18.7 Å². The first-order valence-corrected chi connectivity index (χ1v) is 4.30. The number of ketones is 1. The zero-order valence-corrected chi connectivity index (χ0v) is 7.16. The fourth-order valence-electron chi connectivity index (χ4n) is 0.485. The first-order chi connectivity index (χ1) is 4.66. The molecule has 58 valence electrons. The van der Waals surface area contributed by atoms with Crippen molar-refractivity contribution in [3.63, 3.8) is 0 Å². The summed E-state index contributed by atoms with van der Waals surface area (Å²) in [7, 11) is 0. The van der Waals surface area contributed by atoms with Gasteiger partial charge in [0.2, 0.25) is 0 Å². The van der Waals surface area contributed by atoms with E-state index in [1.54, 1.807) is 0 Å². The van der Waals surface area contributed by atoms with E-state index in [0.29, 0.717) is 18.6 Å². The molecule has 0 aromatic rings. The summed E-state index contributed by atoms with van der Waals surface area (Å²) in [6.07, 6.45) is 1.11. The fraction of sp³-hybridized carbons (Fsp3) is 0.714. The normalized spacial score (nSPS) is 9.40. The SMILES string of the molecule is CCC(=O)CCSC(C)=O. The molecule has 0 aromatic heterocycles. The van der Waals surface area contributed by atoms with Gasteiger partial charge in [0.05, 0.1) is 0 Å². The fourth-order valence-corrected chi connectivity index (χ4v) is 1.10. The van der Waals surface area contributed by atoms with Crippen LogP contribution in [-0.2, 0) is 9.59 Å². The molecule has 0 rings (SSSR count). The van der Waals surface area contributed by atoms with Crippen molar-refractivity contribution in [2.24, 2.45) is 0 Å². The molecule has 0 atom stereocenters. The quantitative estimate of drug-likeness (QED) is 0.627. The van der Waals surface area contributed by atoms with Crippen LogP contribution >= 0.6 is 11.8 Å². The first-order valence-electron chi connectivity index (χ1n) is 3.32.